The summed E-state index contributed by atoms with van der Waals surface area (Å²) in [5.41, 5.74) is 5.99. The van der Waals surface area contributed by atoms with Crippen LogP contribution in [0.4, 0.5) is 0 Å². The second kappa shape index (κ2) is 5.92. The van der Waals surface area contributed by atoms with Crippen LogP contribution in [0, 0.1) is 5.41 Å². The van der Waals surface area contributed by atoms with Crippen molar-refractivity contribution in [2.75, 3.05) is 11.5 Å². The molecule has 1 heterocycles. The lowest BCUT2D eigenvalue weighted by Gasteiger charge is -2.28. The largest absolute Gasteiger partial charge is 0.352 e. The fourth-order valence-electron chi connectivity index (χ4n) is 1.65. The summed E-state index contributed by atoms with van der Waals surface area (Å²) in [7, 11) is 0. The number of nitrogens with two attached hydrogens (primary N) is 1. The summed E-state index contributed by atoms with van der Waals surface area (Å²) in [6.07, 6.45) is 2.76. The van der Waals surface area contributed by atoms with Crippen LogP contribution in [0.1, 0.15) is 40.0 Å². The van der Waals surface area contributed by atoms with Crippen LogP contribution in [0.2, 0.25) is 0 Å². The van der Waals surface area contributed by atoms with Crippen LogP contribution < -0.4 is 11.1 Å². The lowest BCUT2D eigenvalue weighted by Crippen LogP contribution is -2.44. The van der Waals surface area contributed by atoms with E-state index in [1.165, 1.54) is 12.2 Å². The van der Waals surface area contributed by atoms with Gasteiger partial charge in [-0.1, -0.05) is 20.8 Å². The summed E-state index contributed by atoms with van der Waals surface area (Å²) in [5, 5.41) is 3.08. The Labute approximate surface area is 103 Å². The van der Waals surface area contributed by atoms with Gasteiger partial charge in [0.1, 0.15) is 0 Å². The zero-order chi connectivity index (χ0) is 12.2. The third kappa shape index (κ3) is 4.74. The Hall–Kier alpha value is -0.220. The van der Waals surface area contributed by atoms with Gasteiger partial charge in [0.25, 0.3) is 0 Å². The van der Waals surface area contributed by atoms with E-state index < -0.39 is 0 Å². The number of carbonyl (C=O) groups excluding carboxylic acids is 1. The van der Waals surface area contributed by atoms with Crippen LogP contribution >= 0.6 is 11.8 Å². The van der Waals surface area contributed by atoms with Crippen molar-refractivity contribution in [1.29, 1.82) is 0 Å². The van der Waals surface area contributed by atoms with Crippen LogP contribution in [-0.4, -0.2) is 29.5 Å². The van der Waals surface area contributed by atoms with Crippen molar-refractivity contribution in [2.24, 2.45) is 11.1 Å². The molecule has 0 saturated carbocycles. The molecule has 3 nitrogen and oxygen atoms in total. The predicted molar refractivity (Wildman–Crippen MR) is 70.5 cm³/mol. The van der Waals surface area contributed by atoms with Gasteiger partial charge in [-0.25, -0.2) is 0 Å². The molecule has 1 aliphatic rings. The molecule has 0 aliphatic carbocycles. The maximum Gasteiger partial charge on any atom is 0.221 e. The predicted octanol–water partition coefficient (Wildman–Crippen LogP) is 1.76. The van der Waals surface area contributed by atoms with Gasteiger partial charge >= 0.3 is 0 Å². The first kappa shape index (κ1) is 13.8. The minimum absolute atomic E-state index is 0.00133. The fourth-order valence-corrected chi connectivity index (χ4v) is 2.72. The smallest absolute Gasteiger partial charge is 0.221 e. The summed E-state index contributed by atoms with van der Waals surface area (Å²) >= 11 is 1.92. The van der Waals surface area contributed by atoms with E-state index in [1.54, 1.807) is 0 Å². The Kier molecular flexibility index (Phi) is 5.12. The summed E-state index contributed by atoms with van der Waals surface area (Å²) in [6.45, 7) is 6.21. The van der Waals surface area contributed by atoms with E-state index >= 15 is 0 Å². The van der Waals surface area contributed by atoms with Crippen LogP contribution in [0.5, 0.6) is 0 Å². The minimum Gasteiger partial charge on any atom is -0.352 e. The number of nitrogens with one attached hydrogen (secondary N) is 1. The van der Waals surface area contributed by atoms with E-state index in [9.17, 15) is 4.79 Å². The summed E-state index contributed by atoms with van der Waals surface area (Å²) in [4.78, 5) is 11.8. The molecule has 0 radical (unpaired) electrons. The fraction of sp³-hybridized carbons (Fsp3) is 0.917. The van der Waals surface area contributed by atoms with Crippen LogP contribution in [0.3, 0.4) is 0 Å². The SMILES string of the molecule is CC(C)(C)C(N)CC(=O)NC1CCCSC1. The highest BCUT2D eigenvalue weighted by atomic mass is 32.2. The molecule has 0 bridgehead atoms. The normalized spacial score (nSPS) is 23.9. The number of amides is 1. The zero-order valence-corrected chi connectivity index (χ0v) is 11.4. The second-order valence-electron chi connectivity index (χ2n) is 5.66. The number of hydrogen-bond acceptors (Lipinski definition) is 3. The first-order valence-electron chi connectivity index (χ1n) is 6.02. The van der Waals surface area contributed by atoms with Crippen molar-refractivity contribution in [2.45, 2.75) is 52.1 Å². The molecule has 1 fully saturated rings. The Bertz CT molecular complexity index is 232. The zero-order valence-electron chi connectivity index (χ0n) is 10.6. The third-order valence-electron chi connectivity index (χ3n) is 3.04. The van der Waals surface area contributed by atoms with E-state index in [0.29, 0.717) is 12.5 Å². The topological polar surface area (TPSA) is 55.1 Å². The molecule has 2 unspecified atom stereocenters. The molecular weight excluding hydrogens is 220 g/mol. The van der Waals surface area contributed by atoms with Gasteiger partial charge in [0.2, 0.25) is 5.91 Å². The summed E-state index contributed by atoms with van der Waals surface area (Å²) < 4.78 is 0. The molecule has 4 heteroatoms. The number of rotatable bonds is 3. The van der Waals surface area contributed by atoms with Crippen molar-refractivity contribution >= 4 is 17.7 Å². The molecule has 1 saturated heterocycles. The minimum atomic E-state index is -0.0660. The number of hydrogen-bond donors (Lipinski definition) is 2. The number of thioether (sulfide) groups is 1. The Morgan fingerprint density at radius 2 is 2.25 bits per heavy atom. The van der Waals surface area contributed by atoms with E-state index in [1.807, 2.05) is 11.8 Å². The molecule has 16 heavy (non-hydrogen) atoms. The standard InChI is InChI=1S/C12H24N2OS/c1-12(2,3)10(13)7-11(15)14-9-5-4-6-16-8-9/h9-10H,4-8,13H2,1-3H3,(H,14,15). The number of carbonyl (C=O) groups is 1. The van der Waals surface area contributed by atoms with Gasteiger partial charge in [-0.2, -0.15) is 11.8 Å². The second-order valence-corrected chi connectivity index (χ2v) is 6.81. The van der Waals surface area contributed by atoms with Crippen LogP contribution in [0.25, 0.3) is 0 Å². The van der Waals surface area contributed by atoms with Gasteiger partial charge in [-0.05, 0) is 24.0 Å². The van der Waals surface area contributed by atoms with Gasteiger partial charge in [-0.3, -0.25) is 4.79 Å². The van der Waals surface area contributed by atoms with E-state index in [0.717, 1.165) is 12.2 Å². The summed E-state index contributed by atoms with van der Waals surface area (Å²) in [5.74, 6) is 2.39. The van der Waals surface area contributed by atoms with E-state index in [2.05, 4.69) is 26.1 Å². The van der Waals surface area contributed by atoms with Gasteiger partial charge in [0.05, 0.1) is 0 Å². The Balaban J connectivity index is 2.29. The van der Waals surface area contributed by atoms with Crippen molar-refractivity contribution in [3.8, 4) is 0 Å². The van der Waals surface area contributed by atoms with Crippen molar-refractivity contribution < 1.29 is 4.79 Å². The average Bonchev–Trinajstić information content (AvgIpc) is 2.17. The molecule has 2 atom stereocenters. The van der Waals surface area contributed by atoms with E-state index in [-0.39, 0.29) is 17.4 Å². The molecule has 0 aromatic carbocycles. The van der Waals surface area contributed by atoms with Crippen LogP contribution in [-0.2, 0) is 4.79 Å². The molecule has 1 amide bonds. The van der Waals surface area contributed by atoms with Gasteiger partial charge in [0.15, 0.2) is 0 Å². The molecule has 3 N–H and O–H groups in total. The molecular formula is C12H24N2OS. The lowest BCUT2D eigenvalue weighted by molar-refractivity contribution is -0.122. The first-order valence-corrected chi connectivity index (χ1v) is 7.18. The molecule has 94 valence electrons. The van der Waals surface area contributed by atoms with Gasteiger partial charge in [0, 0.05) is 24.3 Å². The summed E-state index contributed by atoms with van der Waals surface area (Å²) in [6, 6.07) is 0.294. The van der Waals surface area contributed by atoms with Gasteiger partial charge in [-0.15, -0.1) is 0 Å². The van der Waals surface area contributed by atoms with E-state index in [4.69, 9.17) is 5.73 Å². The maximum atomic E-state index is 11.8. The highest BCUT2D eigenvalue weighted by Gasteiger charge is 2.24. The molecule has 0 spiro atoms. The molecule has 1 rings (SSSR count). The van der Waals surface area contributed by atoms with Crippen LogP contribution in [0.15, 0.2) is 0 Å². The Morgan fingerprint density at radius 1 is 1.56 bits per heavy atom. The highest BCUT2D eigenvalue weighted by Crippen LogP contribution is 2.20. The van der Waals surface area contributed by atoms with Crippen molar-refractivity contribution in [1.82, 2.24) is 5.32 Å². The van der Waals surface area contributed by atoms with Crippen molar-refractivity contribution in [3.63, 3.8) is 0 Å². The lowest BCUT2D eigenvalue weighted by atomic mass is 9.85. The molecule has 1 aliphatic heterocycles. The average molecular weight is 244 g/mol. The van der Waals surface area contributed by atoms with Gasteiger partial charge < -0.3 is 11.1 Å². The monoisotopic (exact) mass is 244 g/mol. The maximum absolute atomic E-state index is 11.8. The quantitative estimate of drug-likeness (QED) is 0.795. The molecule has 0 aromatic heterocycles. The first-order chi connectivity index (χ1) is 7.39. The highest BCUT2D eigenvalue weighted by molar-refractivity contribution is 7.99. The van der Waals surface area contributed by atoms with Crippen molar-refractivity contribution in [3.05, 3.63) is 0 Å². The third-order valence-corrected chi connectivity index (χ3v) is 4.26. The molecule has 0 aromatic rings. The Morgan fingerprint density at radius 3 is 2.75 bits per heavy atom.